The average Bonchev–Trinajstić information content (AvgIpc) is 2.90. The Balaban J connectivity index is 3.28. The molecule has 0 aliphatic heterocycles. The number of nitrogens with one attached hydrogen (secondary N) is 3. The van der Waals surface area contributed by atoms with Gasteiger partial charge in [-0.25, -0.2) is 13.2 Å². The molecule has 1 rings (SSSR count). The molecule has 5 amide bonds. The summed E-state index contributed by atoms with van der Waals surface area (Å²) in [5.41, 5.74) is 3.37. The van der Waals surface area contributed by atoms with Gasteiger partial charge in [0.05, 0.1) is 22.1 Å². The van der Waals surface area contributed by atoms with Crippen molar-refractivity contribution in [3.8, 4) is 12.3 Å². The maximum Gasteiger partial charge on any atom is 0.315 e. The molecule has 3 atom stereocenters. The van der Waals surface area contributed by atoms with Crippen molar-refractivity contribution in [2.45, 2.75) is 135 Å². The number of hydrogen-bond donors (Lipinski definition) is 4. The van der Waals surface area contributed by atoms with Gasteiger partial charge in [0.15, 0.2) is 9.84 Å². The molecule has 1 fully saturated rings. The van der Waals surface area contributed by atoms with Gasteiger partial charge in [0.25, 0.3) is 5.91 Å². The van der Waals surface area contributed by atoms with Gasteiger partial charge < -0.3 is 26.6 Å². The highest BCUT2D eigenvalue weighted by molar-refractivity contribution is 7.92. The minimum absolute atomic E-state index is 0.00250. The van der Waals surface area contributed by atoms with Crippen LogP contribution >= 0.6 is 0 Å². The van der Waals surface area contributed by atoms with Gasteiger partial charge in [-0.2, -0.15) is 0 Å². The Bertz CT molecular complexity index is 1210. The molecule has 1 aliphatic carbocycles. The Morgan fingerprint density at radius 1 is 1.00 bits per heavy atom. The van der Waals surface area contributed by atoms with Gasteiger partial charge >= 0.3 is 6.03 Å². The second kappa shape index (κ2) is 15.7. The van der Waals surface area contributed by atoms with Crippen LogP contribution in [0.5, 0.6) is 0 Å². The lowest BCUT2D eigenvalue weighted by atomic mass is 9.83. The van der Waals surface area contributed by atoms with E-state index in [9.17, 15) is 32.4 Å². The Morgan fingerprint density at radius 2 is 1.57 bits per heavy atom. The molecule has 0 radical (unpaired) electrons. The molecule has 0 spiro atoms. The Hall–Kier alpha value is -3.14. The first-order valence-corrected chi connectivity index (χ1v) is 17.0. The number of carbonyl (C=O) groups excluding carboxylic acids is 5. The number of nitrogens with zero attached hydrogens (tertiary/aromatic N) is 1. The summed E-state index contributed by atoms with van der Waals surface area (Å²) in [6.07, 6.45) is 9.33. The monoisotopic (exact) mass is 639 g/mol. The Labute approximate surface area is 263 Å². The number of carbonyl (C=O) groups is 5. The molecular formula is C31H53N5O7S. The fourth-order valence-corrected chi connectivity index (χ4v) is 6.70. The van der Waals surface area contributed by atoms with Crippen LogP contribution in [0.4, 0.5) is 4.79 Å². The number of Topliss-reactive ketones (excluding diaryl/α,β-unsaturated/α-hetero) is 1. The van der Waals surface area contributed by atoms with Gasteiger partial charge in [0.2, 0.25) is 17.6 Å². The van der Waals surface area contributed by atoms with Crippen LogP contribution in [-0.2, 0) is 29.0 Å². The van der Waals surface area contributed by atoms with Gasteiger partial charge in [-0.15, -0.1) is 12.3 Å². The molecule has 12 nitrogen and oxygen atoms in total. The number of ketones is 1. The van der Waals surface area contributed by atoms with Crippen LogP contribution in [0.3, 0.4) is 0 Å². The standard InChI is InChI=1S/C31H53N5O7S/c1-10-12-16-22(23(37)25(32)38)33-26(39)21(3)36(19-11-2)27(40)24(29(4,5)6)34-28(41)35-31(17-14-13-15-18-31)20-44(42,43)30(7,8)9/h1,21-22,24H,11-20H2,2-9H3,(H2,32,38)(H,33,39)(H2,34,35,41)/t21-,22?,24+/m0/s1. The molecule has 1 saturated carbocycles. The number of rotatable bonds is 14. The van der Waals surface area contributed by atoms with E-state index in [0.29, 0.717) is 19.3 Å². The van der Waals surface area contributed by atoms with Crippen LogP contribution in [0, 0.1) is 17.8 Å². The summed E-state index contributed by atoms with van der Waals surface area (Å²) in [4.78, 5) is 65.9. The zero-order valence-corrected chi connectivity index (χ0v) is 28.5. The maximum atomic E-state index is 14.0. The van der Waals surface area contributed by atoms with Crippen LogP contribution in [0.15, 0.2) is 0 Å². The van der Waals surface area contributed by atoms with E-state index in [4.69, 9.17) is 12.2 Å². The van der Waals surface area contributed by atoms with Gasteiger partial charge in [-0.05, 0) is 58.8 Å². The first-order chi connectivity index (χ1) is 20.1. The molecule has 0 heterocycles. The summed E-state index contributed by atoms with van der Waals surface area (Å²) < 4.78 is 25.4. The summed E-state index contributed by atoms with van der Waals surface area (Å²) >= 11 is 0. The smallest absolute Gasteiger partial charge is 0.315 e. The first-order valence-electron chi connectivity index (χ1n) is 15.3. The van der Waals surface area contributed by atoms with E-state index in [1.807, 2.05) is 6.92 Å². The van der Waals surface area contributed by atoms with Crippen molar-refractivity contribution >= 4 is 39.4 Å². The third kappa shape index (κ3) is 10.8. The summed E-state index contributed by atoms with van der Waals surface area (Å²) in [6, 6.07) is -4.07. The minimum atomic E-state index is -3.57. The Morgan fingerprint density at radius 3 is 2.02 bits per heavy atom. The topological polar surface area (TPSA) is 185 Å². The highest BCUT2D eigenvalue weighted by Gasteiger charge is 2.44. The lowest BCUT2D eigenvalue weighted by molar-refractivity contribution is -0.144. The van der Waals surface area contributed by atoms with E-state index in [-0.39, 0.29) is 25.1 Å². The van der Waals surface area contributed by atoms with E-state index in [1.54, 1.807) is 41.5 Å². The molecule has 13 heteroatoms. The maximum absolute atomic E-state index is 14.0. The largest absolute Gasteiger partial charge is 0.363 e. The molecule has 5 N–H and O–H groups in total. The first kappa shape index (κ1) is 38.9. The molecule has 0 aromatic rings. The van der Waals surface area contributed by atoms with Gasteiger partial charge in [0.1, 0.15) is 12.1 Å². The second-order valence-electron chi connectivity index (χ2n) is 13.9. The molecular weight excluding hydrogens is 586 g/mol. The number of sulfone groups is 1. The normalized spacial score (nSPS) is 17.2. The number of hydrogen-bond acceptors (Lipinski definition) is 7. The summed E-state index contributed by atoms with van der Waals surface area (Å²) in [5, 5.41) is 8.22. The summed E-state index contributed by atoms with van der Waals surface area (Å²) in [7, 11) is -3.57. The quantitative estimate of drug-likeness (QED) is 0.166. The van der Waals surface area contributed by atoms with E-state index >= 15 is 0 Å². The molecule has 0 aromatic carbocycles. The third-order valence-electron chi connectivity index (χ3n) is 8.02. The number of nitrogens with two attached hydrogens (primary N) is 1. The molecule has 0 saturated heterocycles. The Kier molecular flexibility index (Phi) is 13.9. The van der Waals surface area contributed by atoms with Crippen molar-refractivity contribution in [2.75, 3.05) is 12.3 Å². The van der Waals surface area contributed by atoms with Crippen molar-refractivity contribution in [1.29, 1.82) is 0 Å². The summed E-state index contributed by atoms with van der Waals surface area (Å²) in [5.74, 6) is -1.28. The van der Waals surface area contributed by atoms with E-state index in [2.05, 4.69) is 21.9 Å². The van der Waals surface area contributed by atoms with E-state index < -0.39 is 73.2 Å². The van der Waals surface area contributed by atoms with Crippen molar-refractivity contribution in [3.63, 3.8) is 0 Å². The van der Waals surface area contributed by atoms with E-state index in [0.717, 1.165) is 19.3 Å². The van der Waals surface area contributed by atoms with Crippen molar-refractivity contribution in [3.05, 3.63) is 0 Å². The molecule has 0 bridgehead atoms. The van der Waals surface area contributed by atoms with Crippen LogP contribution in [0.2, 0.25) is 0 Å². The predicted octanol–water partition coefficient (Wildman–Crippen LogP) is 2.20. The highest BCUT2D eigenvalue weighted by atomic mass is 32.2. The number of primary amides is 1. The molecule has 250 valence electrons. The zero-order chi connectivity index (χ0) is 34.1. The average molecular weight is 640 g/mol. The summed E-state index contributed by atoms with van der Waals surface area (Å²) in [6.45, 7) is 13.7. The van der Waals surface area contributed by atoms with Crippen molar-refractivity contribution in [1.82, 2.24) is 20.9 Å². The number of urea groups is 1. The van der Waals surface area contributed by atoms with Crippen LogP contribution < -0.4 is 21.7 Å². The van der Waals surface area contributed by atoms with Crippen molar-refractivity contribution < 1.29 is 32.4 Å². The van der Waals surface area contributed by atoms with Gasteiger partial charge in [0, 0.05) is 13.0 Å². The number of amides is 5. The molecule has 44 heavy (non-hydrogen) atoms. The minimum Gasteiger partial charge on any atom is -0.363 e. The second-order valence-corrected chi connectivity index (χ2v) is 16.6. The molecule has 0 aromatic heterocycles. The number of terminal acetylenes is 1. The predicted molar refractivity (Wildman–Crippen MR) is 170 cm³/mol. The fourth-order valence-electron chi connectivity index (χ4n) is 5.17. The van der Waals surface area contributed by atoms with Crippen LogP contribution in [0.1, 0.15) is 107 Å². The zero-order valence-electron chi connectivity index (χ0n) is 27.7. The van der Waals surface area contributed by atoms with Gasteiger partial charge in [-0.1, -0.05) is 47.0 Å². The van der Waals surface area contributed by atoms with Crippen LogP contribution in [0.25, 0.3) is 0 Å². The lowest BCUT2D eigenvalue weighted by Gasteiger charge is -2.41. The molecule has 1 unspecified atom stereocenters. The fraction of sp³-hybridized carbons (Fsp3) is 0.774. The highest BCUT2D eigenvalue weighted by Crippen LogP contribution is 2.33. The van der Waals surface area contributed by atoms with Crippen molar-refractivity contribution in [2.24, 2.45) is 11.1 Å². The van der Waals surface area contributed by atoms with Crippen LogP contribution in [-0.4, -0.2) is 83.6 Å². The lowest BCUT2D eigenvalue weighted by Crippen LogP contribution is -2.64. The van der Waals surface area contributed by atoms with Gasteiger partial charge in [-0.3, -0.25) is 19.2 Å². The van der Waals surface area contributed by atoms with E-state index in [1.165, 1.54) is 11.8 Å². The molecule has 1 aliphatic rings. The third-order valence-corrected chi connectivity index (χ3v) is 10.8. The SMILES string of the molecule is C#CCCC(NC(=O)[C@H](C)N(CCC)C(=O)[C@@H](NC(=O)NC1(CS(=O)(=O)C(C)(C)C)CCCCC1)C(C)(C)C)C(=O)C(N)=O.